The molecule has 1 aliphatic carbocycles. The number of nitriles is 1. The third-order valence-corrected chi connectivity index (χ3v) is 4.67. The smallest absolute Gasteiger partial charge is 0.241 e. The standard InChI is InChI=1S/C13H19N3O2/c14-7-9-2-1-5-16(9)13(18)12-8-3-4-11(17)10(6-8)15-12/h8-12,15,17H,1-6H2/t8-,9?,10-,11-,12+/m1/s1. The van der Waals surface area contributed by atoms with Gasteiger partial charge in [0.05, 0.1) is 18.2 Å². The van der Waals surface area contributed by atoms with Gasteiger partial charge in [-0.3, -0.25) is 4.79 Å². The molecule has 1 unspecified atom stereocenters. The molecule has 1 saturated carbocycles. The molecule has 18 heavy (non-hydrogen) atoms. The van der Waals surface area contributed by atoms with Gasteiger partial charge in [0.25, 0.3) is 0 Å². The number of nitrogens with zero attached hydrogens (tertiary/aromatic N) is 2. The van der Waals surface area contributed by atoms with E-state index in [1.807, 2.05) is 0 Å². The van der Waals surface area contributed by atoms with E-state index in [2.05, 4.69) is 11.4 Å². The van der Waals surface area contributed by atoms with Crippen molar-refractivity contribution in [1.29, 1.82) is 5.26 Å². The molecule has 5 atom stereocenters. The molecule has 0 aromatic heterocycles. The number of fused-ring (bicyclic) bond motifs is 2. The average molecular weight is 249 g/mol. The lowest BCUT2D eigenvalue weighted by Crippen LogP contribution is -2.49. The lowest BCUT2D eigenvalue weighted by Gasteiger charge is -2.26. The van der Waals surface area contributed by atoms with Gasteiger partial charge in [-0.05, 0) is 38.0 Å². The van der Waals surface area contributed by atoms with E-state index >= 15 is 0 Å². The normalized spacial score (nSPS) is 42.9. The summed E-state index contributed by atoms with van der Waals surface area (Å²) >= 11 is 0. The van der Waals surface area contributed by atoms with Gasteiger partial charge in [-0.25, -0.2) is 0 Å². The zero-order chi connectivity index (χ0) is 12.7. The van der Waals surface area contributed by atoms with Crippen molar-refractivity contribution in [2.75, 3.05) is 6.54 Å². The Bertz CT molecular complexity index is 392. The van der Waals surface area contributed by atoms with Gasteiger partial charge in [0.15, 0.2) is 0 Å². The molecule has 0 spiro atoms. The first-order valence-electron chi connectivity index (χ1n) is 6.85. The Kier molecular flexibility index (Phi) is 3.00. The van der Waals surface area contributed by atoms with Gasteiger partial charge < -0.3 is 15.3 Å². The maximum absolute atomic E-state index is 12.5. The number of rotatable bonds is 1. The zero-order valence-electron chi connectivity index (χ0n) is 10.4. The molecule has 2 N–H and O–H groups in total. The molecule has 2 bridgehead atoms. The molecule has 5 heteroatoms. The summed E-state index contributed by atoms with van der Waals surface area (Å²) in [5, 5.41) is 22.1. The van der Waals surface area contributed by atoms with Crippen molar-refractivity contribution in [2.24, 2.45) is 5.92 Å². The van der Waals surface area contributed by atoms with Crippen LogP contribution in [-0.4, -0.2) is 46.7 Å². The number of amides is 1. The summed E-state index contributed by atoms with van der Waals surface area (Å²) in [6.45, 7) is 0.704. The highest BCUT2D eigenvalue weighted by molar-refractivity contribution is 5.83. The Hall–Kier alpha value is -1.12. The van der Waals surface area contributed by atoms with E-state index in [4.69, 9.17) is 5.26 Å². The summed E-state index contributed by atoms with van der Waals surface area (Å²) in [4.78, 5) is 14.2. The lowest BCUT2D eigenvalue weighted by molar-refractivity contribution is -0.134. The highest BCUT2D eigenvalue weighted by Gasteiger charge is 2.46. The number of likely N-dealkylation sites (tertiary alicyclic amines) is 1. The molecule has 0 aromatic rings. The van der Waals surface area contributed by atoms with Crippen LogP contribution in [0.25, 0.3) is 0 Å². The fourth-order valence-electron chi connectivity index (χ4n) is 3.65. The fraction of sp³-hybridized carbons (Fsp3) is 0.846. The molecule has 2 heterocycles. The summed E-state index contributed by atoms with van der Waals surface area (Å²) in [6, 6.07) is 1.86. The van der Waals surface area contributed by atoms with Gasteiger partial charge in [0.1, 0.15) is 6.04 Å². The van der Waals surface area contributed by atoms with Crippen LogP contribution in [0.2, 0.25) is 0 Å². The summed E-state index contributed by atoms with van der Waals surface area (Å²) in [5.74, 6) is 0.409. The van der Waals surface area contributed by atoms with Crippen molar-refractivity contribution in [3.05, 3.63) is 0 Å². The Labute approximate surface area is 107 Å². The first kappa shape index (κ1) is 11.9. The van der Waals surface area contributed by atoms with Crippen LogP contribution in [0.1, 0.15) is 32.1 Å². The highest BCUT2D eigenvalue weighted by Crippen LogP contribution is 2.35. The van der Waals surface area contributed by atoms with Gasteiger partial charge in [0.2, 0.25) is 5.91 Å². The van der Waals surface area contributed by atoms with Crippen molar-refractivity contribution < 1.29 is 9.90 Å². The quantitative estimate of drug-likeness (QED) is 0.686. The Morgan fingerprint density at radius 3 is 2.94 bits per heavy atom. The molecule has 98 valence electrons. The second-order valence-corrected chi connectivity index (χ2v) is 5.71. The number of hydrogen-bond donors (Lipinski definition) is 2. The van der Waals surface area contributed by atoms with Crippen LogP contribution < -0.4 is 5.32 Å². The Morgan fingerprint density at radius 1 is 1.39 bits per heavy atom. The maximum Gasteiger partial charge on any atom is 0.241 e. The first-order valence-corrected chi connectivity index (χ1v) is 6.85. The SMILES string of the molecule is N#CC1CCCN1C(=O)[C@H]1N[C@@H]2C[C@H]1CC[C@H]2O. The molecule has 2 saturated heterocycles. The lowest BCUT2D eigenvalue weighted by atomic mass is 9.85. The number of aliphatic hydroxyl groups is 1. The van der Waals surface area contributed by atoms with Crippen LogP contribution in [0.5, 0.6) is 0 Å². The van der Waals surface area contributed by atoms with Crippen molar-refractivity contribution in [3.8, 4) is 6.07 Å². The van der Waals surface area contributed by atoms with E-state index in [1.165, 1.54) is 0 Å². The van der Waals surface area contributed by atoms with Crippen LogP contribution in [0.4, 0.5) is 0 Å². The minimum absolute atomic E-state index is 0.0700. The third-order valence-electron chi connectivity index (χ3n) is 4.67. The summed E-state index contributed by atoms with van der Waals surface area (Å²) < 4.78 is 0. The number of carbonyl (C=O) groups is 1. The van der Waals surface area contributed by atoms with Gasteiger partial charge in [-0.15, -0.1) is 0 Å². The largest absolute Gasteiger partial charge is 0.392 e. The molecule has 5 nitrogen and oxygen atoms in total. The predicted octanol–water partition coefficient (Wildman–Crippen LogP) is 0.00238. The molecular weight excluding hydrogens is 230 g/mol. The molecular formula is C13H19N3O2. The molecule has 2 aliphatic heterocycles. The summed E-state index contributed by atoms with van der Waals surface area (Å²) in [7, 11) is 0. The van der Waals surface area contributed by atoms with Crippen LogP contribution in [0.15, 0.2) is 0 Å². The minimum Gasteiger partial charge on any atom is -0.392 e. The maximum atomic E-state index is 12.5. The Morgan fingerprint density at radius 2 is 2.22 bits per heavy atom. The molecule has 0 radical (unpaired) electrons. The fourth-order valence-corrected chi connectivity index (χ4v) is 3.65. The monoisotopic (exact) mass is 249 g/mol. The first-order chi connectivity index (χ1) is 8.70. The highest BCUT2D eigenvalue weighted by atomic mass is 16.3. The van der Waals surface area contributed by atoms with E-state index < -0.39 is 0 Å². The van der Waals surface area contributed by atoms with Crippen molar-refractivity contribution in [3.63, 3.8) is 0 Å². The second kappa shape index (κ2) is 4.52. The second-order valence-electron chi connectivity index (χ2n) is 5.71. The number of carbonyl (C=O) groups excluding carboxylic acids is 1. The number of nitrogens with one attached hydrogen (secondary N) is 1. The van der Waals surface area contributed by atoms with E-state index in [0.29, 0.717) is 12.5 Å². The molecule has 0 aromatic carbocycles. The van der Waals surface area contributed by atoms with Crippen molar-refractivity contribution >= 4 is 5.91 Å². The van der Waals surface area contributed by atoms with E-state index in [-0.39, 0.29) is 30.1 Å². The number of hydrogen-bond acceptors (Lipinski definition) is 4. The van der Waals surface area contributed by atoms with Gasteiger partial charge in [0, 0.05) is 12.6 Å². The van der Waals surface area contributed by atoms with Crippen LogP contribution in [-0.2, 0) is 4.79 Å². The Balaban J connectivity index is 1.72. The average Bonchev–Trinajstić information content (AvgIpc) is 2.98. The number of aliphatic hydroxyl groups excluding tert-OH is 1. The van der Waals surface area contributed by atoms with Crippen molar-refractivity contribution in [2.45, 2.75) is 56.3 Å². The van der Waals surface area contributed by atoms with Crippen LogP contribution in [0.3, 0.4) is 0 Å². The van der Waals surface area contributed by atoms with Crippen LogP contribution in [0, 0.1) is 17.2 Å². The molecule has 1 amide bonds. The van der Waals surface area contributed by atoms with E-state index in [1.54, 1.807) is 4.90 Å². The van der Waals surface area contributed by atoms with E-state index in [9.17, 15) is 9.90 Å². The molecule has 3 fully saturated rings. The topological polar surface area (TPSA) is 76.4 Å². The summed E-state index contributed by atoms with van der Waals surface area (Å²) in [5.41, 5.74) is 0. The van der Waals surface area contributed by atoms with Crippen LogP contribution >= 0.6 is 0 Å². The minimum atomic E-state index is -0.315. The predicted molar refractivity (Wildman–Crippen MR) is 64.4 cm³/mol. The van der Waals surface area contributed by atoms with Gasteiger partial charge >= 0.3 is 0 Å². The summed E-state index contributed by atoms with van der Waals surface area (Å²) in [6.07, 6.45) is 3.99. The third kappa shape index (κ3) is 1.80. The molecule has 3 aliphatic rings. The van der Waals surface area contributed by atoms with E-state index in [0.717, 1.165) is 32.1 Å². The molecule has 3 rings (SSSR count). The zero-order valence-corrected chi connectivity index (χ0v) is 10.4. The van der Waals surface area contributed by atoms with Crippen molar-refractivity contribution in [1.82, 2.24) is 10.2 Å². The van der Waals surface area contributed by atoms with Gasteiger partial charge in [-0.2, -0.15) is 5.26 Å². The van der Waals surface area contributed by atoms with Gasteiger partial charge in [-0.1, -0.05) is 0 Å².